The first-order valence-electron chi connectivity index (χ1n) is 11.2. The van der Waals surface area contributed by atoms with Crippen molar-refractivity contribution in [1.82, 2.24) is 10.7 Å². The Morgan fingerprint density at radius 1 is 0.972 bits per heavy atom. The number of hydrogen-bond donors (Lipinski definition) is 2. The topological polar surface area (TPSA) is 89.0 Å². The van der Waals surface area contributed by atoms with Crippen molar-refractivity contribution in [2.45, 2.75) is 26.5 Å². The summed E-state index contributed by atoms with van der Waals surface area (Å²) in [5, 5.41) is 7.69. The fourth-order valence-corrected chi connectivity index (χ4v) is 3.71. The molecule has 1 unspecified atom stereocenters. The molecule has 2 N–H and O–H groups in total. The molecular weight excluding hydrogens is 501 g/mol. The van der Waals surface area contributed by atoms with Crippen LogP contribution in [0, 0.1) is 5.92 Å². The van der Waals surface area contributed by atoms with Crippen molar-refractivity contribution in [2.24, 2.45) is 11.0 Å². The molecule has 0 aliphatic heterocycles. The number of methoxy groups -OCH3 is 1. The summed E-state index contributed by atoms with van der Waals surface area (Å²) in [5.74, 6) is -0.0182. The second kappa shape index (κ2) is 13.0. The van der Waals surface area contributed by atoms with Crippen molar-refractivity contribution in [2.75, 3.05) is 7.11 Å². The fraction of sp³-hybridized carbons (Fsp3) is 0.222. The molecule has 3 aromatic rings. The molecule has 0 heterocycles. The first kappa shape index (κ1) is 27.0. The summed E-state index contributed by atoms with van der Waals surface area (Å²) in [7, 11) is 1.54. The van der Waals surface area contributed by atoms with Crippen molar-refractivity contribution >= 4 is 41.2 Å². The average molecular weight is 528 g/mol. The minimum atomic E-state index is -0.805. The van der Waals surface area contributed by atoms with Crippen molar-refractivity contribution in [3.05, 3.63) is 93.5 Å². The summed E-state index contributed by atoms with van der Waals surface area (Å²) in [4.78, 5) is 25.3. The summed E-state index contributed by atoms with van der Waals surface area (Å²) in [5.41, 5.74) is 4.32. The van der Waals surface area contributed by atoms with Gasteiger partial charge in [0.2, 0.25) is 0 Å². The van der Waals surface area contributed by atoms with Gasteiger partial charge in [-0.3, -0.25) is 9.59 Å². The molecule has 0 aliphatic rings. The van der Waals surface area contributed by atoms with Gasteiger partial charge in [0.1, 0.15) is 12.6 Å². The molecule has 0 spiro atoms. The number of hydrazone groups is 1. The van der Waals surface area contributed by atoms with Gasteiger partial charge in [-0.15, -0.1) is 0 Å². The Hall–Kier alpha value is -3.55. The maximum Gasteiger partial charge on any atom is 0.262 e. The van der Waals surface area contributed by atoms with E-state index in [4.69, 9.17) is 32.7 Å². The quantitative estimate of drug-likeness (QED) is 0.269. The predicted octanol–water partition coefficient (Wildman–Crippen LogP) is 5.49. The zero-order chi connectivity index (χ0) is 26.1. The highest BCUT2D eigenvalue weighted by atomic mass is 35.5. The van der Waals surface area contributed by atoms with Crippen molar-refractivity contribution in [3.63, 3.8) is 0 Å². The molecule has 0 aliphatic carbocycles. The minimum absolute atomic E-state index is 0.179. The van der Waals surface area contributed by atoms with Crippen LogP contribution in [0.25, 0.3) is 0 Å². The Bertz CT molecular complexity index is 1250. The molecule has 3 aromatic carbocycles. The predicted molar refractivity (Wildman–Crippen MR) is 142 cm³/mol. The third-order valence-corrected chi connectivity index (χ3v) is 5.97. The third kappa shape index (κ3) is 7.23. The van der Waals surface area contributed by atoms with Crippen molar-refractivity contribution in [1.29, 1.82) is 0 Å². The number of carbonyl (C=O) groups is 2. The summed E-state index contributed by atoms with van der Waals surface area (Å²) < 4.78 is 11.3. The molecular formula is C27H27Cl2N3O4. The van der Waals surface area contributed by atoms with Gasteiger partial charge in [0, 0.05) is 10.6 Å². The van der Waals surface area contributed by atoms with E-state index in [0.29, 0.717) is 32.7 Å². The maximum atomic E-state index is 12.7. The van der Waals surface area contributed by atoms with E-state index >= 15 is 0 Å². The van der Waals surface area contributed by atoms with Gasteiger partial charge in [-0.25, -0.2) is 5.43 Å². The van der Waals surface area contributed by atoms with E-state index in [-0.39, 0.29) is 12.5 Å². The zero-order valence-electron chi connectivity index (χ0n) is 20.1. The lowest BCUT2D eigenvalue weighted by atomic mass is 10.0. The molecule has 7 nitrogen and oxygen atoms in total. The molecule has 2 amide bonds. The van der Waals surface area contributed by atoms with Gasteiger partial charge < -0.3 is 14.8 Å². The van der Waals surface area contributed by atoms with E-state index in [9.17, 15) is 9.59 Å². The summed E-state index contributed by atoms with van der Waals surface area (Å²) in [6.45, 7) is 3.94. The van der Waals surface area contributed by atoms with Crippen LogP contribution in [0.1, 0.15) is 35.3 Å². The van der Waals surface area contributed by atoms with E-state index in [0.717, 1.165) is 5.56 Å². The van der Waals surface area contributed by atoms with E-state index in [1.54, 1.807) is 48.5 Å². The zero-order valence-corrected chi connectivity index (χ0v) is 21.6. The van der Waals surface area contributed by atoms with Gasteiger partial charge in [-0.2, -0.15) is 5.10 Å². The second-order valence-electron chi connectivity index (χ2n) is 8.20. The molecule has 1 atom stereocenters. The molecule has 0 bridgehead atoms. The van der Waals surface area contributed by atoms with Crippen molar-refractivity contribution in [3.8, 4) is 11.5 Å². The van der Waals surface area contributed by atoms with E-state index in [1.807, 2.05) is 32.0 Å². The number of carbonyl (C=O) groups excluding carboxylic acids is 2. The summed E-state index contributed by atoms with van der Waals surface area (Å²) >= 11 is 12.3. The molecule has 0 radical (unpaired) electrons. The molecule has 0 saturated heterocycles. The number of rotatable bonds is 10. The fourth-order valence-electron chi connectivity index (χ4n) is 3.29. The first-order valence-corrected chi connectivity index (χ1v) is 12.0. The van der Waals surface area contributed by atoms with Crippen LogP contribution in [0.15, 0.2) is 71.8 Å². The third-order valence-electron chi connectivity index (χ3n) is 5.27. The Balaban J connectivity index is 1.62. The molecule has 3 rings (SSSR count). The normalized spacial score (nSPS) is 11.8. The van der Waals surface area contributed by atoms with E-state index < -0.39 is 17.9 Å². The van der Waals surface area contributed by atoms with Gasteiger partial charge in [-0.1, -0.05) is 67.4 Å². The van der Waals surface area contributed by atoms with E-state index in [1.165, 1.54) is 13.3 Å². The monoisotopic (exact) mass is 527 g/mol. The van der Waals surface area contributed by atoms with E-state index in [2.05, 4.69) is 15.8 Å². The van der Waals surface area contributed by atoms with Crippen LogP contribution < -0.4 is 20.2 Å². The van der Waals surface area contributed by atoms with Crippen LogP contribution >= 0.6 is 23.2 Å². The van der Waals surface area contributed by atoms with Gasteiger partial charge in [0.25, 0.3) is 11.8 Å². The lowest BCUT2D eigenvalue weighted by Gasteiger charge is -2.20. The van der Waals surface area contributed by atoms with Gasteiger partial charge in [0.15, 0.2) is 11.5 Å². The first-order chi connectivity index (χ1) is 17.3. The highest BCUT2D eigenvalue weighted by Crippen LogP contribution is 2.29. The van der Waals surface area contributed by atoms with Crippen LogP contribution in [-0.2, 0) is 11.4 Å². The lowest BCUT2D eigenvalue weighted by molar-refractivity contribution is -0.123. The van der Waals surface area contributed by atoms with Crippen LogP contribution in [0.3, 0.4) is 0 Å². The maximum absolute atomic E-state index is 12.7. The summed E-state index contributed by atoms with van der Waals surface area (Å²) in [6.07, 6.45) is 1.48. The largest absolute Gasteiger partial charge is 0.493 e. The van der Waals surface area contributed by atoms with Gasteiger partial charge >= 0.3 is 0 Å². The number of halogens is 2. The number of nitrogens with zero attached hydrogens (tertiary/aromatic N) is 1. The smallest absolute Gasteiger partial charge is 0.262 e. The Kier molecular flexibility index (Phi) is 9.73. The molecule has 9 heteroatoms. The van der Waals surface area contributed by atoms with Crippen LogP contribution in [0.2, 0.25) is 10.0 Å². The number of hydrogen-bond acceptors (Lipinski definition) is 5. The number of ether oxygens (including phenoxy) is 2. The van der Waals surface area contributed by atoms with Gasteiger partial charge in [-0.05, 0) is 47.9 Å². The Morgan fingerprint density at radius 2 is 1.67 bits per heavy atom. The minimum Gasteiger partial charge on any atom is -0.493 e. The molecule has 188 valence electrons. The highest BCUT2D eigenvalue weighted by Gasteiger charge is 2.25. The molecule has 0 fully saturated rings. The average Bonchev–Trinajstić information content (AvgIpc) is 2.87. The SMILES string of the molecule is COc1cc(C=NNC(=O)C(NC(=O)c2ccccc2Cl)C(C)C)ccc1OCc1ccccc1Cl. The van der Waals surface area contributed by atoms with Crippen LogP contribution in [0.5, 0.6) is 11.5 Å². The lowest BCUT2D eigenvalue weighted by Crippen LogP contribution is -2.48. The molecule has 36 heavy (non-hydrogen) atoms. The highest BCUT2D eigenvalue weighted by molar-refractivity contribution is 6.33. The van der Waals surface area contributed by atoms with Crippen LogP contribution in [0.4, 0.5) is 0 Å². The molecule has 0 saturated carbocycles. The number of amides is 2. The van der Waals surface area contributed by atoms with Gasteiger partial charge in [0.05, 0.1) is 23.9 Å². The second-order valence-corrected chi connectivity index (χ2v) is 9.01. The Morgan fingerprint density at radius 3 is 2.33 bits per heavy atom. The van der Waals surface area contributed by atoms with Crippen molar-refractivity contribution < 1.29 is 19.1 Å². The van der Waals surface area contributed by atoms with Crippen LogP contribution in [-0.4, -0.2) is 31.2 Å². The standard InChI is InChI=1S/C27H27Cl2N3O4/c1-17(2)25(31-26(33)20-9-5-7-11-22(20)29)27(34)32-30-15-18-12-13-23(24(14-18)35-3)36-16-19-8-4-6-10-21(19)28/h4-15,17,25H,16H2,1-3H3,(H,31,33)(H,32,34). The Labute approximate surface area is 220 Å². The summed E-state index contributed by atoms with van der Waals surface area (Å²) in [6, 6.07) is 18.5. The number of benzene rings is 3. The number of nitrogens with one attached hydrogen (secondary N) is 2. The molecule has 0 aromatic heterocycles.